The average molecular weight is 397 g/mol. The molecule has 1 aromatic heterocycles. The highest BCUT2D eigenvalue weighted by molar-refractivity contribution is 5.24. The third-order valence-corrected chi connectivity index (χ3v) is 5.65. The van der Waals surface area contributed by atoms with Crippen molar-refractivity contribution in [2.24, 2.45) is 5.92 Å². The molecule has 0 amide bonds. The third-order valence-electron chi connectivity index (χ3n) is 5.65. The summed E-state index contributed by atoms with van der Waals surface area (Å²) in [4.78, 5) is 2.23. The van der Waals surface area contributed by atoms with Crippen LogP contribution < -0.4 is 0 Å². The summed E-state index contributed by atoms with van der Waals surface area (Å²) in [6.07, 6.45) is 2.08. The predicted octanol–water partition coefficient (Wildman–Crippen LogP) is 6.17. The molecule has 0 bridgehead atoms. The Morgan fingerprint density at radius 2 is 1.72 bits per heavy atom. The maximum absolute atomic E-state index is 14.3. The topological polar surface area (TPSA) is 8.17 Å². The maximum atomic E-state index is 14.3. The first kappa shape index (κ1) is 21.3. The second-order valence-electron chi connectivity index (χ2n) is 8.24. The molecule has 0 fully saturated rings. The number of nitrogens with zero attached hydrogens (tertiary/aromatic N) is 2. The van der Waals surface area contributed by atoms with Crippen LogP contribution in [0.4, 0.5) is 8.78 Å². The largest absolute Gasteiger partial charge is 0.346 e. The van der Waals surface area contributed by atoms with E-state index in [1.54, 1.807) is 0 Å². The number of rotatable bonds is 8. The van der Waals surface area contributed by atoms with Crippen LogP contribution in [0.2, 0.25) is 0 Å². The number of benzene rings is 2. The lowest BCUT2D eigenvalue weighted by molar-refractivity contribution is 0.146. The van der Waals surface area contributed by atoms with Gasteiger partial charge in [-0.1, -0.05) is 43.7 Å². The molecule has 0 aliphatic heterocycles. The second-order valence-corrected chi connectivity index (χ2v) is 8.24. The van der Waals surface area contributed by atoms with Gasteiger partial charge in [-0.25, -0.2) is 8.78 Å². The van der Waals surface area contributed by atoms with Gasteiger partial charge in [0.1, 0.15) is 11.6 Å². The Labute approximate surface area is 172 Å². The van der Waals surface area contributed by atoms with Crippen LogP contribution in [0, 0.1) is 24.5 Å². The van der Waals surface area contributed by atoms with Crippen LogP contribution in [-0.4, -0.2) is 15.5 Å². The van der Waals surface area contributed by atoms with Crippen LogP contribution >= 0.6 is 0 Å². The Balaban J connectivity index is 1.83. The van der Waals surface area contributed by atoms with Crippen molar-refractivity contribution < 1.29 is 8.78 Å². The predicted molar refractivity (Wildman–Crippen MR) is 115 cm³/mol. The van der Waals surface area contributed by atoms with Crippen molar-refractivity contribution in [3.05, 3.63) is 94.8 Å². The smallest absolute Gasteiger partial charge is 0.127 e. The van der Waals surface area contributed by atoms with Crippen LogP contribution in [-0.2, 0) is 19.6 Å². The van der Waals surface area contributed by atoms with E-state index in [0.29, 0.717) is 24.6 Å². The van der Waals surface area contributed by atoms with Crippen molar-refractivity contribution in [2.45, 2.75) is 53.4 Å². The maximum Gasteiger partial charge on any atom is 0.127 e. The fourth-order valence-corrected chi connectivity index (χ4v) is 3.61. The molecule has 0 spiro atoms. The molecule has 1 atom stereocenters. The first-order chi connectivity index (χ1) is 13.8. The van der Waals surface area contributed by atoms with Gasteiger partial charge in [0, 0.05) is 43.1 Å². The molecule has 0 saturated carbocycles. The average Bonchev–Trinajstić information content (AvgIpc) is 3.10. The molecule has 4 heteroatoms. The van der Waals surface area contributed by atoms with Gasteiger partial charge in [-0.2, -0.15) is 0 Å². The van der Waals surface area contributed by atoms with E-state index in [-0.39, 0.29) is 11.9 Å². The summed E-state index contributed by atoms with van der Waals surface area (Å²) < 4.78 is 30.2. The monoisotopic (exact) mass is 396 g/mol. The summed E-state index contributed by atoms with van der Waals surface area (Å²) in [7, 11) is 0. The quantitative estimate of drug-likeness (QED) is 0.442. The third kappa shape index (κ3) is 5.54. The van der Waals surface area contributed by atoms with E-state index in [2.05, 4.69) is 73.7 Å². The molecule has 0 aliphatic rings. The van der Waals surface area contributed by atoms with Gasteiger partial charge in [0.2, 0.25) is 0 Å². The number of aryl methyl sites for hydroxylation is 1. The van der Waals surface area contributed by atoms with Crippen LogP contribution in [0.1, 0.15) is 43.2 Å². The number of aromatic nitrogens is 1. The van der Waals surface area contributed by atoms with Gasteiger partial charge in [0.25, 0.3) is 0 Å². The van der Waals surface area contributed by atoms with E-state index < -0.39 is 5.82 Å². The van der Waals surface area contributed by atoms with Gasteiger partial charge in [-0.15, -0.1) is 0 Å². The molecule has 2 aromatic carbocycles. The van der Waals surface area contributed by atoms with Crippen molar-refractivity contribution in [2.75, 3.05) is 0 Å². The Morgan fingerprint density at radius 1 is 0.931 bits per heavy atom. The van der Waals surface area contributed by atoms with E-state index >= 15 is 0 Å². The lowest BCUT2D eigenvalue weighted by atomic mass is 10.0. The Morgan fingerprint density at radius 3 is 2.45 bits per heavy atom. The van der Waals surface area contributed by atoms with Crippen molar-refractivity contribution in [3.8, 4) is 0 Å². The first-order valence-electron chi connectivity index (χ1n) is 10.2. The first-order valence-corrected chi connectivity index (χ1v) is 10.2. The molecule has 3 aromatic rings. The van der Waals surface area contributed by atoms with E-state index in [4.69, 9.17) is 0 Å². The highest BCUT2D eigenvalue weighted by Crippen LogP contribution is 2.21. The SMILES string of the molecule is Cc1cccc(Cn2cccc2CN(Cc2cc(F)ccc2F)[C@H](C)C(C)C)c1. The second kappa shape index (κ2) is 9.36. The van der Waals surface area contributed by atoms with Gasteiger partial charge in [-0.3, -0.25) is 4.90 Å². The Kier molecular flexibility index (Phi) is 6.86. The summed E-state index contributed by atoms with van der Waals surface area (Å²) in [6.45, 7) is 10.4. The van der Waals surface area contributed by atoms with E-state index in [1.807, 2.05) is 6.07 Å². The van der Waals surface area contributed by atoms with Crippen molar-refractivity contribution in [1.82, 2.24) is 9.47 Å². The normalized spacial score (nSPS) is 12.7. The molecule has 3 rings (SSSR count). The fourth-order valence-electron chi connectivity index (χ4n) is 3.61. The molecule has 0 radical (unpaired) electrons. The van der Waals surface area contributed by atoms with Gasteiger partial charge >= 0.3 is 0 Å². The molecule has 0 N–H and O–H groups in total. The number of hydrogen-bond donors (Lipinski definition) is 0. The lowest BCUT2D eigenvalue weighted by Gasteiger charge is -2.32. The van der Waals surface area contributed by atoms with E-state index in [0.717, 1.165) is 12.2 Å². The molecule has 0 aliphatic carbocycles. The lowest BCUT2D eigenvalue weighted by Crippen LogP contribution is -2.36. The summed E-state index contributed by atoms with van der Waals surface area (Å²) in [6, 6.07) is 16.6. The number of hydrogen-bond acceptors (Lipinski definition) is 1. The summed E-state index contributed by atoms with van der Waals surface area (Å²) >= 11 is 0. The standard InChI is InChI=1S/C25H30F2N2/c1-18(2)20(4)29(16-22-14-23(26)10-11-25(22)27)17-24-9-6-12-28(24)15-21-8-5-7-19(3)13-21/h5-14,18,20H,15-17H2,1-4H3/t20-/m1/s1. The zero-order valence-electron chi connectivity index (χ0n) is 17.7. The zero-order valence-corrected chi connectivity index (χ0v) is 17.7. The molecule has 0 unspecified atom stereocenters. The molecule has 29 heavy (non-hydrogen) atoms. The highest BCUT2D eigenvalue weighted by atomic mass is 19.1. The fraction of sp³-hybridized carbons (Fsp3) is 0.360. The van der Waals surface area contributed by atoms with Crippen LogP contribution in [0.3, 0.4) is 0 Å². The Bertz CT molecular complexity index is 946. The molecule has 1 heterocycles. The van der Waals surface area contributed by atoms with Crippen molar-refractivity contribution in [3.63, 3.8) is 0 Å². The minimum Gasteiger partial charge on any atom is -0.346 e. The summed E-state index contributed by atoms with van der Waals surface area (Å²) in [5, 5.41) is 0. The van der Waals surface area contributed by atoms with Crippen molar-refractivity contribution in [1.29, 1.82) is 0 Å². The van der Waals surface area contributed by atoms with Crippen molar-refractivity contribution >= 4 is 0 Å². The van der Waals surface area contributed by atoms with Gasteiger partial charge < -0.3 is 4.57 Å². The van der Waals surface area contributed by atoms with Gasteiger partial charge in [0.05, 0.1) is 0 Å². The van der Waals surface area contributed by atoms with Gasteiger partial charge in [0.15, 0.2) is 0 Å². The van der Waals surface area contributed by atoms with Crippen LogP contribution in [0.25, 0.3) is 0 Å². The highest BCUT2D eigenvalue weighted by Gasteiger charge is 2.21. The van der Waals surface area contributed by atoms with Gasteiger partial charge in [-0.05, 0) is 55.7 Å². The molecular weight excluding hydrogens is 366 g/mol. The van der Waals surface area contributed by atoms with E-state index in [1.165, 1.54) is 29.3 Å². The number of halogens is 2. The zero-order chi connectivity index (χ0) is 21.0. The summed E-state index contributed by atoms with van der Waals surface area (Å²) in [5.41, 5.74) is 4.06. The Hall–Kier alpha value is -2.46. The molecule has 0 saturated heterocycles. The molecule has 154 valence electrons. The molecule has 2 nitrogen and oxygen atoms in total. The summed E-state index contributed by atoms with van der Waals surface area (Å²) in [5.74, 6) is -0.365. The molecular formula is C25H30F2N2. The van der Waals surface area contributed by atoms with Crippen LogP contribution in [0.15, 0.2) is 60.8 Å². The minimum absolute atomic E-state index is 0.222. The van der Waals surface area contributed by atoms with Crippen LogP contribution in [0.5, 0.6) is 0 Å². The van der Waals surface area contributed by atoms with E-state index in [9.17, 15) is 8.78 Å². The minimum atomic E-state index is -0.402.